The minimum atomic E-state index is -0.389. The van der Waals surface area contributed by atoms with Crippen LogP contribution in [0.25, 0.3) is 0 Å². The number of methoxy groups -OCH3 is 2. The zero-order valence-corrected chi connectivity index (χ0v) is 13.8. The number of rotatable bonds is 7. The summed E-state index contributed by atoms with van der Waals surface area (Å²) in [6.45, 7) is 1.97. The van der Waals surface area contributed by atoms with Crippen molar-refractivity contribution in [2.24, 2.45) is 0 Å². The van der Waals surface area contributed by atoms with Crippen molar-refractivity contribution in [3.63, 3.8) is 0 Å². The molecule has 0 aliphatic heterocycles. The van der Waals surface area contributed by atoms with E-state index < -0.39 is 0 Å². The first-order valence-electron chi connectivity index (χ1n) is 7.35. The number of benzene rings is 1. The number of furan rings is 1. The van der Waals surface area contributed by atoms with E-state index in [-0.39, 0.29) is 24.9 Å². The van der Waals surface area contributed by atoms with Crippen molar-refractivity contribution >= 4 is 11.8 Å². The van der Waals surface area contributed by atoms with Crippen molar-refractivity contribution in [1.82, 2.24) is 10.6 Å². The Morgan fingerprint density at radius 3 is 2.33 bits per heavy atom. The molecule has 0 aliphatic carbocycles. The molecule has 7 nitrogen and oxygen atoms in total. The van der Waals surface area contributed by atoms with Crippen LogP contribution in [-0.2, 0) is 11.3 Å². The van der Waals surface area contributed by atoms with Crippen LogP contribution in [0.2, 0.25) is 0 Å². The Balaban J connectivity index is 1.93. The minimum Gasteiger partial charge on any atom is -0.496 e. The number of carbonyl (C=O) groups is 2. The molecular formula is C17H20N2O5. The third-order valence-electron chi connectivity index (χ3n) is 3.46. The topological polar surface area (TPSA) is 89.8 Å². The second-order valence-corrected chi connectivity index (χ2v) is 5.04. The lowest BCUT2D eigenvalue weighted by molar-refractivity contribution is -0.120. The number of carbonyl (C=O) groups excluding carboxylic acids is 2. The minimum absolute atomic E-state index is 0.141. The van der Waals surface area contributed by atoms with Crippen LogP contribution in [0.15, 0.2) is 34.9 Å². The van der Waals surface area contributed by atoms with E-state index in [2.05, 4.69) is 10.6 Å². The summed E-state index contributed by atoms with van der Waals surface area (Å²) in [6, 6.07) is 6.70. The van der Waals surface area contributed by atoms with Gasteiger partial charge in [-0.25, -0.2) is 0 Å². The Kier molecular flexibility index (Phi) is 5.83. The summed E-state index contributed by atoms with van der Waals surface area (Å²) in [5, 5.41) is 5.21. The Bertz CT molecular complexity index is 685. The lowest BCUT2D eigenvalue weighted by Crippen LogP contribution is -2.36. The molecule has 24 heavy (non-hydrogen) atoms. The third-order valence-corrected chi connectivity index (χ3v) is 3.46. The van der Waals surface area contributed by atoms with E-state index in [1.165, 1.54) is 20.5 Å². The first-order valence-corrected chi connectivity index (χ1v) is 7.35. The first-order chi connectivity index (χ1) is 11.5. The number of nitrogens with one attached hydrogen (secondary N) is 2. The van der Waals surface area contributed by atoms with Gasteiger partial charge in [-0.15, -0.1) is 0 Å². The third kappa shape index (κ3) is 4.28. The van der Waals surface area contributed by atoms with Crippen LogP contribution in [0.5, 0.6) is 11.5 Å². The van der Waals surface area contributed by atoms with Gasteiger partial charge in [0.15, 0.2) is 0 Å². The van der Waals surface area contributed by atoms with Gasteiger partial charge in [0.1, 0.15) is 17.3 Å². The van der Waals surface area contributed by atoms with Gasteiger partial charge in [-0.05, 0) is 31.2 Å². The average Bonchev–Trinajstić information content (AvgIpc) is 3.11. The molecule has 0 saturated heterocycles. The lowest BCUT2D eigenvalue weighted by Gasteiger charge is -2.12. The Morgan fingerprint density at radius 2 is 1.79 bits per heavy atom. The molecule has 0 atom stereocenters. The van der Waals surface area contributed by atoms with Gasteiger partial charge in [0.05, 0.1) is 33.6 Å². The molecule has 0 saturated carbocycles. The van der Waals surface area contributed by atoms with E-state index in [0.29, 0.717) is 22.8 Å². The molecule has 0 radical (unpaired) electrons. The van der Waals surface area contributed by atoms with Gasteiger partial charge in [-0.1, -0.05) is 0 Å². The highest BCUT2D eigenvalue weighted by atomic mass is 16.5. The van der Waals surface area contributed by atoms with Crippen LogP contribution in [0.4, 0.5) is 0 Å². The van der Waals surface area contributed by atoms with Crippen LogP contribution >= 0.6 is 0 Å². The summed E-state index contributed by atoms with van der Waals surface area (Å²) in [6.07, 6.45) is 1.53. The second-order valence-electron chi connectivity index (χ2n) is 5.04. The monoisotopic (exact) mass is 332 g/mol. The predicted molar refractivity (Wildman–Crippen MR) is 87.2 cm³/mol. The number of hydrogen-bond donors (Lipinski definition) is 2. The van der Waals surface area contributed by atoms with Crippen LogP contribution in [-0.4, -0.2) is 32.6 Å². The Hall–Kier alpha value is -2.96. The van der Waals surface area contributed by atoms with E-state index in [1.54, 1.807) is 24.3 Å². The van der Waals surface area contributed by atoms with E-state index in [4.69, 9.17) is 13.9 Å². The fourth-order valence-corrected chi connectivity index (χ4v) is 2.14. The molecule has 0 fully saturated rings. The van der Waals surface area contributed by atoms with Gasteiger partial charge >= 0.3 is 0 Å². The van der Waals surface area contributed by atoms with Gasteiger partial charge in [-0.3, -0.25) is 9.59 Å². The van der Waals surface area contributed by atoms with E-state index in [0.717, 1.165) is 5.56 Å². The highest BCUT2D eigenvalue weighted by molar-refractivity contribution is 5.97. The number of amides is 2. The molecule has 1 heterocycles. The van der Waals surface area contributed by atoms with Crippen molar-refractivity contribution in [2.75, 3.05) is 20.8 Å². The molecule has 0 aliphatic rings. The van der Waals surface area contributed by atoms with E-state index in [1.807, 2.05) is 6.92 Å². The Morgan fingerprint density at radius 1 is 1.12 bits per heavy atom. The largest absolute Gasteiger partial charge is 0.496 e. The van der Waals surface area contributed by atoms with Crippen molar-refractivity contribution in [3.05, 3.63) is 47.4 Å². The zero-order chi connectivity index (χ0) is 17.5. The molecule has 2 N–H and O–H groups in total. The van der Waals surface area contributed by atoms with Gasteiger partial charge in [-0.2, -0.15) is 0 Å². The van der Waals surface area contributed by atoms with Crippen molar-refractivity contribution in [3.8, 4) is 11.5 Å². The normalized spacial score (nSPS) is 10.1. The number of hydrogen-bond acceptors (Lipinski definition) is 5. The SMILES string of the molecule is COc1cc(C(=O)NCC(=O)NCc2ccco2)cc(OC)c1C. The molecule has 2 amide bonds. The smallest absolute Gasteiger partial charge is 0.251 e. The molecule has 0 bridgehead atoms. The predicted octanol–water partition coefficient (Wildman–Crippen LogP) is 1.65. The standard InChI is InChI=1S/C17H20N2O5/c1-11-14(22-2)7-12(8-15(11)23-3)17(21)19-10-16(20)18-9-13-5-4-6-24-13/h4-8H,9-10H2,1-3H3,(H,18,20)(H,19,21). The summed E-state index contributed by atoms with van der Waals surface area (Å²) in [5.41, 5.74) is 1.15. The molecule has 128 valence electrons. The Labute approximate surface area is 139 Å². The summed E-state index contributed by atoms with van der Waals surface area (Å²) < 4.78 is 15.6. The summed E-state index contributed by atoms with van der Waals surface area (Å²) >= 11 is 0. The van der Waals surface area contributed by atoms with Crippen LogP contribution in [0.3, 0.4) is 0 Å². The van der Waals surface area contributed by atoms with E-state index >= 15 is 0 Å². The lowest BCUT2D eigenvalue weighted by atomic mass is 10.1. The van der Waals surface area contributed by atoms with Crippen LogP contribution in [0, 0.1) is 6.92 Å². The maximum absolute atomic E-state index is 12.2. The molecular weight excluding hydrogens is 312 g/mol. The molecule has 1 aromatic heterocycles. The van der Waals surface area contributed by atoms with Crippen molar-refractivity contribution < 1.29 is 23.5 Å². The van der Waals surface area contributed by atoms with Gasteiger partial charge < -0.3 is 24.5 Å². The van der Waals surface area contributed by atoms with Crippen molar-refractivity contribution in [2.45, 2.75) is 13.5 Å². The molecule has 2 rings (SSSR count). The maximum atomic E-state index is 12.2. The highest BCUT2D eigenvalue weighted by Gasteiger charge is 2.14. The van der Waals surface area contributed by atoms with Gasteiger partial charge in [0.25, 0.3) is 5.91 Å². The maximum Gasteiger partial charge on any atom is 0.251 e. The first kappa shape index (κ1) is 17.4. The van der Waals surface area contributed by atoms with Crippen LogP contribution < -0.4 is 20.1 Å². The van der Waals surface area contributed by atoms with Gasteiger partial charge in [0.2, 0.25) is 5.91 Å². The quantitative estimate of drug-likeness (QED) is 0.805. The zero-order valence-electron chi connectivity index (χ0n) is 13.8. The summed E-state index contributed by atoms with van der Waals surface area (Å²) in [4.78, 5) is 24.0. The molecule has 2 aromatic rings. The molecule has 0 spiro atoms. The fraction of sp³-hybridized carbons (Fsp3) is 0.294. The summed E-state index contributed by atoms with van der Waals surface area (Å²) in [5.74, 6) is 1.02. The highest BCUT2D eigenvalue weighted by Crippen LogP contribution is 2.29. The molecule has 1 aromatic carbocycles. The van der Waals surface area contributed by atoms with Gasteiger partial charge in [0, 0.05) is 11.1 Å². The fourth-order valence-electron chi connectivity index (χ4n) is 2.14. The summed E-state index contributed by atoms with van der Waals surface area (Å²) in [7, 11) is 3.04. The average molecular weight is 332 g/mol. The second kappa shape index (κ2) is 8.05. The van der Waals surface area contributed by atoms with Crippen LogP contribution in [0.1, 0.15) is 21.7 Å². The number of ether oxygens (including phenoxy) is 2. The molecule has 7 heteroatoms. The van der Waals surface area contributed by atoms with Crippen molar-refractivity contribution in [1.29, 1.82) is 0 Å². The molecule has 0 unspecified atom stereocenters. The van der Waals surface area contributed by atoms with E-state index in [9.17, 15) is 9.59 Å².